The molecule has 0 radical (unpaired) electrons. The van der Waals surface area contributed by atoms with Crippen molar-refractivity contribution >= 4 is 17.5 Å². The van der Waals surface area contributed by atoms with Gasteiger partial charge in [0.25, 0.3) is 5.91 Å². The first kappa shape index (κ1) is 20.3. The first-order valence-corrected chi connectivity index (χ1v) is 8.73. The Morgan fingerprint density at radius 2 is 1.70 bits per heavy atom. The smallest absolute Gasteiger partial charge is 0.251 e. The maximum absolute atomic E-state index is 12.4. The van der Waals surface area contributed by atoms with E-state index in [9.17, 15) is 9.59 Å². The predicted octanol–water partition coefficient (Wildman–Crippen LogP) is 3.10. The first-order valence-electron chi connectivity index (χ1n) is 8.73. The van der Waals surface area contributed by atoms with E-state index in [1.54, 1.807) is 30.2 Å². The molecule has 0 atom stereocenters. The zero-order valence-corrected chi connectivity index (χ0v) is 16.5. The molecule has 27 heavy (non-hydrogen) atoms. The summed E-state index contributed by atoms with van der Waals surface area (Å²) in [5, 5.41) is 2.85. The van der Waals surface area contributed by atoms with Crippen molar-refractivity contribution in [3.63, 3.8) is 0 Å². The van der Waals surface area contributed by atoms with Crippen LogP contribution in [-0.4, -0.2) is 39.1 Å². The molecular weight excluding hydrogens is 344 g/mol. The molecule has 0 aliphatic rings. The fraction of sp³-hybridized carbons (Fsp3) is 0.333. The molecule has 0 saturated heterocycles. The number of benzene rings is 2. The zero-order chi connectivity index (χ0) is 20.0. The average Bonchev–Trinajstić information content (AvgIpc) is 2.66. The topological polar surface area (TPSA) is 67.9 Å². The van der Waals surface area contributed by atoms with E-state index in [0.717, 1.165) is 16.8 Å². The van der Waals surface area contributed by atoms with E-state index in [0.29, 0.717) is 30.2 Å². The minimum absolute atomic E-state index is 0.0657. The highest BCUT2D eigenvalue weighted by molar-refractivity contribution is 5.95. The fourth-order valence-electron chi connectivity index (χ4n) is 2.82. The summed E-state index contributed by atoms with van der Waals surface area (Å²) in [6, 6.07) is 11.0. The van der Waals surface area contributed by atoms with Crippen molar-refractivity contribution in [3.8, 4) is 11.5 Å². The Labute approximate surface area is 160 Å². The lowest BCUT2D eigenvalue weighted by atomic mass is 10.1. The lowest BCUT2D eigenvalue weighted by Gasteiger charge is -2.24. The molecule has 0 heterocycles. The van der Waals surface area contributed by atoms with E-state index in [2.05, 4.69) is 5.32 Å². The monoisotopic (exact) mass is 370 g/mol. The number of hydrogen-bond donors (Lipinski definition) is 1. The number of rotatable bonds is 7. The van der Waals surface area contributed by atoms with Gasteiger partial charge in [-0.1, -0.05) is 12.1 Å². The van der Waals surface area contributed by atoms with Crippen molar-refractivity contribution in [1.82, 2.24) is 5.32 Å². The van der Waals surface area contributed by atoms with Gasteiger partial charge in [-0.3, -0.25) is 9.59 Å². The van der Waals surface area contributed by atoms with Crippen LogP contribution in [0.2, 0.25) is 0 Å². The normalized spacial score (nSPS) is 10.3. The molecule has 6 heteroatoms. The van der Waals surface area contributed by atoms with Crippen LogP contribution in [0, 0.1) is 13.8 Å². The number of carbonyl (C=O) groups excluding carboxylic acids is 2. The summed E-state index contributed by atoms with van der Waals surface area (Å²) in [4.78, 5) is 26.2. The highest BCUT2D eigenvalue weighted by atomic mass is 16.5. The lowest BCUT2D eigenvalue weighted by molar-refractivity contribution is -0.116. The molecule has 0 aliphatic heterocycles. The van der Waals surface area contributed by atoms with E-state index in [1.165, 1.54) is 14.0 Å². The molecule has 144 valence electrons. The molecule has 0 aromatic heterocycles. The van der Waals surface area contributed by atoms with Gasteiger partial charge in [-0.15, -0.1) is 0 Å². The highest BCUT2D eigenvalue weighted by Crippen LogP contribution is 2.27. The van der Waals surface area contributed by atoms with Crippen LogP contribution in [0.4, 0.5) is 5.69 Å². The van der Waals surface area contributed by atoms with E-state index in [-0.39, 0.29) is 11.8 Å². The van der Waals surface area contributed by atoms with Crippen LogP contribution in [0.5, 0.6) is 11.5 Å². The van der Waals surface area contributed by atoms with E-state index in [1.807, 2.05) is 32.0 Å². The summed E-state index contributed by atoms with van der Waals surface area (Å²) < 4.78 is 10.4. The second-order valence-electron chi connectivity index (χ2n) is 6.29. The van der Waals surface area contributed by atoms with Crippen molar-refractivity contribution < 1.29 is 19.1 Å². The third kappa shape index (κ3) is 5.00. The molecule has 6 nitrogen and oxygen atoms in total. The summed E-state index contributed by atoms with van der Waals surface area (Å²) in [5.74, 6) is 0.752. The molecule has 2 aromatic carbocycles. The molecular formula is C21H26N2O4. The Bertz CT molecular complexity index is 833. The Balaban J connectivity index is 2.06. The number of hydrogen-bond acceptors (Lipinski definition) is 4. The Morgan fingerprint density at radius 1 is 1.00 bits per heavy atom. The minimum Gasteiger partial charge on any atom is -0.493 e. The third-order valence-corrected chi connectivity index (χ3v) is 4.30. The number of aryl methyl sites for hydroxylation is 2. The van der Waals surface area contributed by atoms with Crippen LogP contribution in [0.3, 0.4) is 0 Å². The number of methoxy groups -OCH3 is 2. The van der Waals surface area contributed by atoms with Gasteiger partial charge in [0.2, 0.25) is 5.91 Å². The molecule has 0 saturated carbocycles. The standard InChI is InChI=1S/C21H26N2O4/c1-14-6-7-15(2)18(12-14)23(16(3)24)11-10-22-21(25)17-8-9-19(26-4)20(13-17)27-5/h6-9,12-13H,10-11H2,1-5H3,(H,22,25). The highest BCUT2D eigenvalue weighted by Gasteiger charge is 2.15. The third-order valence-electron chi connectivity index (χ3n) is 4.30. The predicted molar refractivity (Wildman–Crippen MR) is 106 cm³/mol. The van der Waals surface area contributed by atoms with Gasteiger partial charge in [-0.2, -0.15) is 0 Å². The van der Waals surface area contributed by atoms with Gasteiger partial charge in [-0.05, 0) is 49.2 Å². The summed E-state index contributed by atoms with van der Waals surface area (Å²) in [6.07, 6.45) is 0. The van der Waals surface area contributed by atoms with Crippen LogP contribution < -0.4 is 19.7 Å². The van der Waals surface area contributed by atoms with Crippen LogP contribution in [0.25, 0.3) is 0 Å². The lowest BCUT2D eigenvalue weighted by Crippen LogP contribution is -2.38. The Morgan fingerprint density at radius 3 is 2.33 bits per heavy atom. The van der Waals surface area contributed by atoms with E-state index >= 15 is 0 Å². The number of carbonyl (C=O) groups is 2. The van der Waals surface area contributed by atoms with Gasteiger partial charge < -0.3 is 19.7 Å². The van der Waals surface area contributed by atoms with Crippen LogP contribution in [-0.2, 0) is 4.79 Å². The fourth-order valence-corrected chi connectivity index (χ4v) is 2.82. The molecule has 0 fully saturated rings. The second-order valence-corrected chi connectivity index (χ2v) is 6.29. The number of ether oxygens (including phenoxy) is 2. The molecule has 0 aliphatic carbocycles. The van der Waals surface area contributed by atoms with Crippen molar-refractivity contribution in [1.29, 1.82) is 0 Å². The number of anilines is 1. The molecule has 2 aromatic rings. The van der Waals surface area contributed by atoms with Crippen molar-refractivity contribution in [2.45, 2.75) is 20.8 Å². The Kier molecular flexibility index (Phi) is 6.82. The zero-order valence-electron chi connectivity index (χ0n) is 16.5. The van der Waals surface area contributed by atoms with Crippen molar-refractivity contribution in [2.75, 3.05) is 32.2 Å². The molecule has 0 spiro atoms. The Hall–Kier alpha value is -3.02. The van der Waals surface area contributed by atoms with Gasteiger partial charge in [0.05, 0.1) is 14.2 Å². The summed E-state index contributed by atoms with van der Waals surface area (Å²) in [5.41, 5.74) is 3.43. The van der Waals surface area contributed by atoms with Gasteiger partial charge in [-0.25, -0.2) is 0 Å². The van der Waals surface area contributed by atoms with E-state index in [4.69, 9.17) is 9.47 Å². The van der Waals surface area contributed by atoms with Gasteiger partial charge >= 0.3 is 0 Å². The number of nitrogens with one attached hydrogen (secondary N) is 1. The first-order chi connectivity index (χ1) is 12.9. The quantitative estimate of drug-likeness (QED) is 0.813. The SMILES string of the molecule is COc1ccc(C(=O)NCCN(C(C)=O)c2cc(C)ccc2C)cc1OC. The van der Waals surface area contributed by atoms with Crippen molar-refractivity contribution in [3.05, 3.63) is 53.1 Å². The molecule has 0 bridgehead atoms. The summed E-state index contributed by atoms with van der Waals surface area (Å²) >= 11 is 0. The van der Waals surface area contributed by atoms with Gasteiger partial charge in [0.15, 0.2) is 11.5 Å². The van der Waals surface area contributed by atoms with Gasteiger partial charge in [0, 0.05) is 31.3 Å². The number of amides is 2. The van der Waals surface area contributed by atoms with Gasteiger partial charge in [0.1, 0.15) is 0 Å². The van der Waals surface area contributed by atoms with Crippen LogP contribution >= 0.6 is 0 Å². The largest absolute Gasteiger partial charge is 0.493 e. The average molecular weight is 370 g/mol. The number of nitrogens with zero attached hydrogens (tertiary/aromatic N) is 1. The molecule has 2 amide bonds. The van der Waals surface area contributed by atoms with Crippen LogP contribution in [0.15, 0.2) is 36.4 Å². The maximum atomic E-state index is 12.4. The maximum Gasteiger partial charge on any atom is 0.251 e. The van der Waals surface area contributed by atoms with Crippen LogP contribution in [0.1, 0.15) is 28.4 Å². The second kappa shape index (κ2) is 9.07. The molecule has 1 N–H and O–H groups in total. The molecule has 2 rings (SSSR count). The molecule has 0 unspecified atom stereocenters. The van der Waals surface area contributed by atoms with Crippen molar-refractivity contribution in [2.24, 2.45) is 0 Å². The van der Waals surface area contributed by atoms with E-state index < -0.39 is 0 Å². The summed E-state index contributed by atoms with van der Waals surface area (Å²) in [6.45, 7) is 6.20. The minimum atomic E-state index is -0.236. The summed E-state index contributed by atoms with van der Waals surface area (Å²) in [7, 11) is 3.07.